The van der Waals surface area contributed by atoms with Crippen molar-refractivity contribution in [1.29, 1.82) is 5.26 Å². The third-order valence-electron chi connectivity index (χ3n) is 4.36. The maximum atomic E-state index is 12.9. The van der Waals surface area contributed by atoms with Crippen molar-refractivity contribution in [3.63, 3.8) is 0 Å². The van der Waals surface area contributed by atoms with E-state index < -0.39 is 34.1 Å². The largest absolute Gasteiger partial charge is 0.477 e. The first-order valence-electron chi connectivity index (χ1n) is 8.18. The zero-order valence-electron chi connectivity index (χ0n) is 15.6. The van der Waals surface area contributed by atoms with Crippen LogP contribution in [0.3, 0.4) is 0 Å². The maximum Gasteiger partial charge on any atom is 0.352 e. The van der Waals surface area contributed by atoms with Gasteiger partial charge in [-0.1, -0.05) is 11.8 Å². The van der Waals surface area contributed by atoms with Gasteiger partial charge in [0.05, 0.1) is 6.07 Å². The van der Waals surface area contributed by atoms with E-state index >= 15 is 0 Å². The van der Waals surface area contributed by atoms with Crippen LogP contribution in [0, 0.1) is 11.3 Å². The molecule has 2 aliphatic rings. The minimum absolute atomic E-state index is 0.199. The predicted molar refractivity (Wildman–Crippen MR) is 106 cm³/mol. The van der Waals surface area contributed by atoms with E-state index in [0.29, 0.717) is 10.7 Å². The van der Waals surface area contributed by atoms with Crippen LogP contribution in [-0.4, -0.2) is 82.1 Å². The molecule has 0 saturated carbocycles. The Morgan fingerprint density at radius 2 is 2.33 bits per heavy atom. The van der Waals surface area contributed by atoms with Crippen LogP contribution in [0.25, 0.3) is 0 Å². The first-order chi connectivity index (χ1) is 14.3. The number of β-lactam (4-membered cyclic amide) rings is 1. The molecular weight excluding hydrogens is 456 g/mol. The summed E-state index contributed by atoms with van der Waals surface area (Å²) < 4.78 is 1.44. The van der Waals surface area contributed by atoms with E-state index in [4.69, 9.17) is 16.0 Å². The van der Waals surface area contributed by atoms with E-state index in [0.717, 1.165) is 16.7 Å². The Morgan fingerprint density at radius 3 is 2.87 bits per heavy atom. The van der Waals surface area contributed by atoms with Gasteiger partial charge < -0.3 is 10.4 Å². The number of nitriles is 1. The number of amides is 2. The van der Waals surface area contributed by atoms with Gasteiger partial charge in [0.15, 0.2) is 5.25 Å². The van der Waals surface area contributed by atoms with E-state index in [-0.39, 0.29) is 17.2 Å². The van der Waals surface area contributed by atoms with E-state index in [1.54, 1.807) is 19.4 Å². The van der Waals surface area contributed by atoms with Crippen molar-refractivity contribution >= 4 is 53.1 Å². The molecule has 30 heavy (non-hydrogen) atoms. The van der Waals surface area contributed by atoms with E-state index in [9.17, 15) is 19.5 Å². The number of thioether (sulfide) groups is 3. The molecule has 1 unspecified atom stereocenters. The number of carboxylic acid groups (broad SMARTS) is 1. The summed E-state index contributed by atoms with van der Waals surface area (Å²) in [6.07, 6.45) is 1.57. The van der Waals surface area contributed by atoms with Crippen LogP contribution in [0.1, 0.15) is 0 Å². The molecule has 0 aromatic carbocycles. The molecule has 0 spiro atoms. The fourth-order valence-corrected chi connectivity index (χ4v) is 5.68. The lowest BCUT2D eigenvalue weighted by molar-refractivity contribution is -0.199. The third-order valence-corrected chi connectivity index (χ3v) is 7.62. The summed E-state index contributed by atoms with van der Waals surface area (Å²) in [6.45, 7) is 0. The lowest BCUT2D eigenvalue weighted by atomic mass is 9.98. The number of hydrogen-bond acceptors (Lipinski definition) is 12. The van der Waals surface area contributed by atoms with Crippen molar-refractivity contribution in [2.24, 2.45) is 12.9 Å². The molecule has 1 aromatic rings. The summed E-state index contributed by atoms with van der Waals surface area (Å²) in [5.41, 5.74) is -1.66. The predicted octanol–water partition coefficient (Wildman–Crippen LogP) is -1.49. The zero-order valence-corrected chi connectivity index (χ0v) is 18.1. The van der Waals surface area contributed by atoms with Gasteiger partial charge in [-0.2, -0.15) is 5.26 Å². The second kappa shape index (κ2) is 8.81. The molecule has 160 valence electrons. The highest BCUT2D eigenvalue weighted by Crippen LogP contribution is 2.47. The number of nitrogens with one attached hydrogen (secondary N) is 1. The minimum atomic E-state index is -1.94. The van der Waals surface area contributed by atoms with Gasteiger partial charge in [-0.05, 0) is 22.3 Å². The Morgan fingerprint density at radius 1 is 1.60 bits per heavy atom. The summed E-state index contributed by atoms with van der Waals surface area (Å²) >= 11 is 3.40. The molecule has 3 rings (SSSR count). The lowest BCUT2D eigenvalue weighted by Crippen LogP contribution is -2.82. The smallest absolute Gasteiger partial charge is 0.352 e. The Balaban J connectivity index is 1.85. The van der Waals surface area contributed by atoms with Crippen LogP contribution < -0.4 is 11.2 Å². The van der Waals surface area contributed by atoms with Crippen LogP contribution >= 0.6 is 35.3 Å². The Labute approximate surface area is 182 Å². The Kier molecular flexibility index (Phi) is 6.57. The monoisotopic (exact) mass is 472 g/mol. The van der Waals surface area contributed by atoms with Gasteiger partial charge in [0.2, 0.25) is 11.1 Å². The van der Waals surface area contributed by atoms with Crippen molar-refractivity contribution in [2.45, 2.75) is 21.5 Å². The van der Waals surface area contributed by atoms with Crippen molar-refractivity contribution in [3.8, 4) is 6.07 Å². The molecule has 1 fully saturated rings. The van der Waals surface area contributed by atoms with Crippen LogP contribution in [0.2, 0.25) is 0 Å². The van der Waals surface area contributed by atoms with Gasteiger partial charge in [0.25, 0.3) is 11.6 Å². The van der Waals surface area contributed by atoms with Gasteiger partial charge >= 0.3 is 5.97 Å². The topological polar surface area (TPSA) is 189 Å². The van der Waals surface area contributed by atoms with Crippen molar-refractivity contribution in [2.75, 3.05) is 17.8 Å². The molecular formula is C14H16N8O5S3. The first kappa shape index (κ1) is 22.4. The van der Waals surface area contributed by atoms with Crippen LogP contribution in [-0.2, 0) is 26.3 Å². The summed E-state index contributed by atoms with van der Waals surface area (Å²) in [6, 6.07) is 1.80. The number of nitrogens with two attached hydrogens (primary N) is 1. The molecule has 0 aliphatic carbocycles. The number of tetrazole rings is 1. The van der Waals surface area contributed by atoms with Gasteiger partial charge in [0.1, 0.15) is 11.1 Å². The molecule has 2 aliphatic heterocycles. The van der Waals surface area contributed by atoms with E-state index in [2.05, 4.69) is 20.8 Å². The van der Waals surface area contributed by atoms with Crippen LogP contribution in [0.15, 0.2) is 16.4 Å². The number of carbonyl (C=O) groups excluding carboxylic acids is 2. The number of aromatic nitrogens is 4. The summed E-state index contributed by atoms with van der Waals surface area (Å²) in [7, 11) is 1.65. The fourth-order valence-electron chi connectivity index (χ4n) is 2.92. The number of fused-ring (bicyclic) bond motifs is 1. The SMILES string of the molecule is CSC(C#N)C(=O)N[C@]1(ON)C(=O)N2C(C(=O)O)=C(CSc3nnnn3C)CS[C@H]21. The quantitative estimate of drug-likeness (QED) is 0.172. The van der Waals surface area contributed by atoms with E-state index in [1.807, 2.05) is 0 Å². The molecule has 1 aromatic heterocycles. The standard InChI is InChI=1S/C14H16N8O5S3/c1-21-13(18-19-20-21)30-5-6-4-29-12-14(27-16,17-9(23)7(3-15)28-2)11(26)22(12)8(6)10(24)25/h7,12H,4-5,16H2,1-2H3,(H,17,23)(H,24,25)/t7?,12-,14-/m0/s1. The number of hydrogen-bond donors (Lipinski definition) is 3. The third kappa shape index (κ3) is 3.63. The lowest BCUT2D eigenvalue weighted by Gasteiger charge is -2.55. The molecule has 3 atom stereocenters. The van der Waals surface area contributed by atoms with Gasteiger partial charge in [0, 0.05) is 18.6 Å². The van der Waals surface area contributed by atoms with Crippen molar-refractivity contribution < 1.29 is 24.3 Å². The second-order valence-electron chi connectivity index (χ2n) is 6.06. The molecule has 0 bridgehead atoms. The van der Waals surface area contributed by atoms with Crippen molar-refractivity contribution in [3.05, 3.63) is 11.3 Å². The van der Waals surface area contributed by atoms with Crippen LogP contribution in [0.4, 0.5) is 0 Å². The number of aryl methyl sites for hydroxylation is 1. The summed E-state index contributed by atoms with van der Waals surface area (Å²) in [5.74, 6) is 2.96. The number of rotatable bonds is 8. The van der Waals surface area contributed by atoms with Crippen LogP contribution in [0.5, 0.6) is 0 Å². The number of carbonyl (C=O) groups is 3. The molecule has 4 N–H and O–H groups in total. The number of aliphatic carboxylic acids is 1. The highest BCUT2D eigenvalue weighted by Gasteiger charge is 2.67. The zero-order chi connectivity index (χ0) is 22.1. The second-order valence-corrected chi connectivity index (χ2v) is 9.01. The molecule has 2 amide bonds. The summed E-state index contributed by atoms with van der Waals surface area (Å²) in [4.78, 5) is 43.0. The Hall–Kier alpha value is -2.32. The average Bonchev–Trinajstić information content (AvgIpc) is 3.14. The number of carboxylic acids is 1. The normalized spacial score (nSPS) is 24.0. The van der Waals surface area contributed by atoms with Gasteiger partial charge in [-0.3, -0.25) is 19.3 Å². The maximum absolute atomic E-state index is 12.9. The van der Waals surface area contributed by atoms with E-state index in [1.165, 1.54) is 28.2 Å². The highest BCUT2D eigenvalue weighted by molar-refractivity contribution is 8.01. The van der Waals surface area contributed by atoms with Gasteiger partial charge in [-0.15, -0.1) is 28.6 Å². The molecule has 13 nitrogen and oxygen atoms in total. The fraction of sp³-hybridized carbons (Fsp3) is 0.500. The summed E-state index contributed by atoms with van der Waals surface area (Å²) in [5, 5.41) is 30.7. The van der Waals surface area contributed by atoms with Crippen molar-refractivity contribution in [1.82, 2.24) is 30.4 Å². The molecule has 1 saturated heterocycles. The minimum Gasteiger partial charge on any atom is -0.477 e. The van der Waals surface area contributed by atoms with Gasteiger partial charge in [-0.25, -0.2) is 15.4 Å². The molecule has 3 heterocycles. The molecule has 16 heteroatoms. The molecule has 0 radical (unpaired) electrons. The highest BCUT2D eigenvalue weighted by atomic mass is 32.2. The average molecular weight is 473 g/mol. The number of nitrogens with zero attached hydrogens (tertiary/aromatic N) is 6. The Bertz CT molecular complexity index is 962. The first-order valence-corrected chi connectivity index (χ1v) is 11.5.